The summed E-state index contributed by atoms with van der Waals surface area (Å²) in [5.74, 6) is -0.787. The molecule has 7 heteroatoms. The van der Waals surface area contributed by atoms with Crippen LogP contribution >= 0.6 is 11.3 Å². The van der Waals surface area contributed by atoms with E-state index in [0.29, 0.717) is 16.4 Å². The van der Waals surface area contributed by atoms with Crippen LogP contribution in [0.4, 0.5) is 10.7 Å². The number of nitrogens with one attached hydrogen (secondary N) is 2. The molecule has 6 nitrogen and oxygen atoms in total. The van der Waals surface area contributed by atoms with E-state index in [0.717, 1.165) is 25.8 Å². The number of anilines is 2. The SMILES string of the molecule is CCCCNc1sc(C(=O)NCCC)c(N)c1C(=O)OC. The quantitative estimate of drug-likeness (QED) is 0.506. The lowest BCUT2D eigenvalue weighted by atomic mass is 10.2. The monoisotopic (exact) mass is 313 g/mol. The Kier molecular flexibility index (Phi) is 7.01. The number of hydrogen-bond donors (Lipinski definition) is 3. The predicted molar refractivity (Wildman–Crippen MR) is 86.1 cm³/mol. The van der Waals surface area contributed by atoms with Crippen molar-refractivity contribution in [1.82, 2.24) is 5.32 Å². The number of esters is 1. The Labute approximate surface area is 129 Å². The molecule has 1 aromatic heterocycles. The first-order valence-corrected chi connectivity index (χ1v) is 7.91. The smallest absolute Gasteiger partial charge is 0.343 e. The summed E-state index contributed by atoms with van der Waals surface area (Å²) in [6.45, 7) is 5.34. The summed E-state index contributed by atoms with van der Waals surface area (Å²) < 4.78 is 4.75. The number of nitrogen functional groups attached to an aromatic ring is 1. The van der Waals surface area contributed by atoms with Crippen LogP contribution in [0.5, 0.6) is 0 Å². The van der Waals surface area contributed by atoms with Gasteiger partial charge in [-0.15, -0.1) is 11.3 Å². The van der Waals surface area contributed by atoms with Crippen LogP contribution < -0.4 is 16.4 Å². The van der Waals surface area contributed by atoms with E-state index in [9.17, 15) is 9.59 Å². The van der Waals surface area contributed by atoms with Crippen molar-refractivity contribution in [1.29, 1.82) is 0 Å². The number of carbonyl (C=O) groups excluding carboxylic acids is 2. The minimum Gasteiger partial charge on any atom is -0.465 e. The fourth-order valence-corrected chi connectivity index (χ4v) is 2.79. The van der Waals surface area contributed by atoms with Gasteiger partial charge in [-0.05, 0) is 12.8 Å². The van der Waals surface area contributed by atoms with Gasteiger partial charge >= 0.3 is 5.97 Å². The van der Waals surface area contributed by atoms with Gasteiger partial charge in [0.2, 0.25) is 0 Å². The van der Waals surface area contributed by atoms with Crippen LogP contribution in [0.3, 0.4) is 0 Å². The lowest BCUT2D eigenvalue weighted by Crippen LogP contribution is -2.24. The van der Waals surface area contributed by atoms with Crippen molar-refractivity contribution in [2.24, 2.45) is 0 Å². The van der Waals surface area contributed by atoms with Gasteiger partial charge in [-0.2, -0.15) is 0 Å². The van der Waals surface area contributed by atoms with Crippen LogP contribution in [0.25, 0.3) is 0 Å². The van der Waals surface area contributed by atoms with Gasteiger partial charge < -0.3 is 21.1 Å². The van der Waals surface area contributed by atoms with E-state index in [1.165, 1.54) is 18.4 Å². The number of carbonyl (C=O) groups is 2. The Morgan fingerprint density at radius 2 is 1.95 bits per heavy atom. The molecule has 0 saturated heterocycles. The maximum absolute atomic E-state index is 12.1. The van der Waals surface area contributed by atoms with Crippen molar-refractivity contribution in [2.75, 3.05) is 31.2 Å². The summed E-state index contributed by atoms with van der Waals surface area (Å²) in [7, 11) is 1.30. The number of nitrogens with two attached hydrogens (primary N) is 1. The second-order valence-corrected chi connectivity index (χ2v) is 5.60. The molecule has 0 aromatic carbocycles. The summed E-state index contributed by atoms with van der Waals surface area (Å²) in [6, 6.07) is 0. The summed E-state index contributed by atoms with van der Waals surface area (Å²) in [5, 5.41) is 6.52. The first-order chi connectivity index (χ1) is 10.1. The molecule has 0 aliphatic rings. The van der Waals surface area contributed by atoms with Gasteiger partial charge in [0.25, 0.3) is 5.91 Å². The van der Waals surface area contributed by atoms with Crippen molar-refractivity contribution in [2.45, 2.75) is 33.1 Å². The van der Waals surface area contributed by atoms with Crippen LogP contribution in [0.2, 0.25) is 0 Å². The maximum Gasteiger partial charge on any atom is 0.343 e. The molecular formula is C14H23N3O3S. The molecule has 0 radical (unpaired) electrons. The number of amides is 1. The highest BCUT2D eigenvalue weighted by atomic mass is 32.1. The van der Waals surface area contributed by atoms with Crippen molar-refractivity contribution < 1.29 is 14.3 Å². The topological polar surface area (TPSA) is 93.5 Å². The number of rotatable bonds is 8. The van der Waals surface area contributed by atoms with Crippen LogP contribution in [-0.4, -0.2) is 32.1 Å². The molecule has 0 fully saturated rings. The van der Waals surface area contributed by atoms with Crippen LogP contribution in [0.1, 0.15) is 53.1 Å². The molecule has 0 bridgehead atoms. The third-order valence-electron chi connectivity index (χ3n) is 2.89. The van der Waals surface area contributed by atoms with Gasteiger partial charge in [-0.3, -0.25) is 4.79 Å². The number of ether oxygens (including phenoxy) is 1. The standard InChI is InChI=1S/C14H23N3O3S/c1-4-6-8-17-13-9(14(19)20-3)10(15)11(21-13)12(18)16-7-5-2/h17H,4-8,15H2,1-3H3,(H,16,18). The molecule has 4 N–H and O–H groups in total. The van der Waals surface area contributed by atoms with Gasteiger partial charge in [-0.25, -0.2) is 4.79 Å². The molecule has 0 aliphatic heterocycles. The average Bonchev–Trinajstić information content (AvgIpc) is 2.81. The van der Waals surface area contributed by atoms with Crippen molar-refractivity contribution in [3.63, 3.8) is 0 Å². The maximum atomic E-state index is 12.1. The van der Waals surface area contributed by atoms with E-state index in [1.807, 2.05) is 6.92 Å². The van der Waals surface area contributed by atoms with E-state index in [4.69, 9.17) is 10.5 Å². The minimum atomic E-state index is -0.530. The summed E-state index contributed by atoms with van der Waals surface area (Å²) in [6.07, 6.45) is 2.84. The molecule has 0 atom stereocenters. The highest BCUT2D eigenvalue weighted by Crippen LogP contribution is 2.36. The Morgan fingerprint density at radius 1 is 1.24 bits per heavy atom. The van der Waals surface area contributed by atoms with Crippen LogP contribution in [-0.2, 0) is 4.74 Å². The molecule has 21 heavy (non-hydrogen) atoms. The van der Waals surface area contributed by atoms with E-state index < -0.39 is 5.97 Å². The fraction of sp³-hybridized carbons (Fsp3) is 0.571. The van der Waals surface area contributed by atoms with E-state index in [1.54, 1.807) is 0 Å². The van der Waals surface area contributed by atoms with E-state index in [-0.39, 0.29) is 17.2 Å². The Hall–Kier alpha value is -1.76. The summed E-state index contributed by atoms with van der Waals surface area (Å²) in [5.41, 5.74) is 6.40. The number of hydrogen-bond acceptors (Lipinski definition) is 6. The molecule has 1 amide bonds. The molecular weight excluding hydrogens is 290 g/mol. The predicted octanol–water partition coefficient (Wildman–Crippen LogP) is 2.47. The lowest BCUT2D eigenvalue weighted by Gasteiger charge is -2.05. The molecule has 0 aliphatic carbocycles. The highest BCUT2D eigenvalue weighted by Gasteiger charge is 2.25. The minimum absolute atomic E-state index is 0.180. The van der Waals surface area contributed by atoms with Gasteiger partial charge in [0, 0.05) is 13.1 Å². The number of thiophene rings is 1. The first-order valence-electron chi connectivity index (χ1n) is 7.09. The average molecular weight is 313 g/mol. The molecule has 0 unspecified atom stereocenters. The normalized spacial score (nSPS) is 10.2. The number of methoxy groups -OCH3 is 1. The zero-order valence-corrected chi connectivity index (χ0v) is 13.6. The Bertz CT molecular complexity index is 500. The second kappa shape index (κ2) is 8.51. The van der Waals surface area contributed by atoms with E-state index in [2.05, 4.69) is 17.6 Å². The Balaban J connectivity index is 3.05. The fourth-order valence-electron chi connectivity index (χ4n) is 1.74. The summed E-state index contributed by atoms with van der Waals surface area (Å²) in [4.78, 5) is 24.3. The molecule has 0 spiro atoms. The van der Waals surface area contributed by atoms with Gasteiger partial charge in [0.1, 0.15) is 15.4 Å². The Morgan fingerprint density at radius 3 is 2.52 bits per heavy atom. The molecule has 1 aromatic rings. The molecule has 1 heterocycles. The van der Waals surface area contributed by atoms with Gasteiger partial charge in [0.15, 0.2) is 0 Å². The van der Waals surface area contributed by atoms with Crippen molar-refractivity contribution in [3.8, 4) is 0 Å². The van der Waals surface area contributed by atoms with Gasteiger partial charge in [0.05, 0.1) is 12.8 Å². The largest absolute Gasteiger partial charge is 0.465 e. The van der Waals surface area contributed by atoms with Crippen LogP contribution in [0.15, 0.2) is 0 Å². The van der Waals surface area contributed by atoms with Crippen molar-refractivity contribution >= 4 is 33.9 Å². The third-order valence-corrected chi connectivity index (χ3v) is 4.05. The second-order valence-electron chi connectivity index (χ2n) is 4.58. The molecule has 1 rings (SSSR count). The molecule has 0 saturated carbocycles. The lowest BCUT2D eigenvalue weighted by molar-refractivity contribution is 0.0603. The highest BCUT2D eigenvalue weighted by molar-refractivity contribution is 7.19. The van der Waals surface area contributed by atoms with Gasteiger partial charge in [-0.1, -0.05) is 20.3 Å². The van der Waals surface area contributed by atoms with Crippen LogP contribution in [0, 0.1) is 0 Å². The van der Waals surface area contributed by atoms with E-state index >= 15 is 0 Å². The third kappa shape index (κ3) is 4.35. The zero-order valence-electron chi connectivity index (χ0n) is 12.7. The first kappa shape index (κ1) is 17.3. The molecule has 118 valence electrons. The zero-order chi connectivity index (χ0) is 15.8. The van der Waals surface area contributed by atoms with Crippen molar-refractivity contribution in [3.05, 3.63) is 10.4 Å². The summed E-state index contributed by atoms with van der Waals surface area (Å²) >= 11 is 1.19. The number of unbranched alkanes of at least 4 members (excludes halogenated alkanes) is 1.